The van der Waals surface area contributed by atoms with Crippen molar-refractivity contribution in [3.8, 4) is 0 Å². The molecule has 1 unspecified atom stereocenters. The first-order valence-electron chi connectivity index (χ1n) is 9.73. The molecule has 1 aromatic rings. The average Bonchev–Trinajstić information content (AvgIpc) is 2.64. The van der Waals surface area contributed by atoms with E-state index in [9.17, 15) is 9.59 Å². The molecule has 2 rings (SSSR count). The van der Waals surface area contributed by atoms with Crippen LogP contribution in [0.25, 0.3) is 0 Å². The Morgan fingerprint density at radius 2 is 1.69 bits per heavy atom. The summed E-state index contributed by atoms with van der Waals surface area (Å²) in [5, 5.41) is 0. The fourth-order valence-electron chi connectivity index (χ4n) is 3.64. The fourth-order valence-corrected chi connectivity index (χ4v) is 3.64. The molecule has 0 radical (unpaired) electrons. The van der Waals surface area contributed by atoms with Crippen LogP contribution in [0.1, 0.15) is 75.7 Å². The maximum absolute atomic E-state index is 13.2. The van der Waals surface area contributed by atoms with E-state index in [1.807, 2.05) is 36.1 Å². The van der Waals surface area contributed by atoms with Crippen LogP contribution >= 0.6 is 0 Å². The fraction of sp³-hybridized carbons (Fsp3) is 0.636. The summed E-state index contributed by atoms with van der Waals surface area (Å²) >= 11 is 0. The highest BCUT2D eigenvalue weighted by molar-refractivity contribution is 5.94. The minimum atomic E-state index is -0.320. The van der Waals surface area contributed by atoms with Gasteiger partial charge in [0.1, 0.15) is 0 Å². The average molecular weight is 360 g/mol. The maximum atomic E-state index is 13.2. The number of ether oxygens (including phenoxy) is 1. The molecule has 1 amide bonds. The number of rotatable bonds is 5. The lowest BCUT2D eigenvalue weighted by molar-refractivity contribution is -0.145. The number of hydrogen-bond acceptors (Lipinski definition) is 3. The van der Waals surface area contributed by atoms with Gasteiger partial charge in [-0.15, -0.1) is 0 Å². The van der Waals surface area contributed by atoms with E-state index in [1.165, 1.54) is 19.1 Å². The largest absolute Gasteiger partial charge is 0.469 e. The summed E-state index contributed by atoms with van der Waals surface area (Å²) in [4.78, 5) is 27.0. The molecule has 0 N–H and O–H groups in total. The third-order valence-electron chi connectivity index (χ3n) is 5.35. The Labute approximate surface area is 157 Å². The van der Waals surface area contributed by atoms with E-state index in [0.717, 1.165) is 25.7 Å². The third kappa shape index (κ3) is 5.09. The maximum Gasteiger partial charge on any atom is 0.310 e. The highest BCUT2D eigenvalue weighted by Crippen LogP contribution is 2.27. The number of amides is 1. The van der Waals surface area contributed by atoms with Crippen LogP contribution in [0, 0.1) is 5.92 Å². The number of hydrogen-bond donors (Lipinski definition) is 0. The molecule has 1 fully saturated rings. The molecule has 1 aliphatic rings. The third-order valence-corrected chi connectivity index (χ3v) is 5.35. The molecule has 0 aromatic heterocycles. The number of carbonyl (C=O) groups is 2. The number of methoxy groups -OCH3 is 1. The van der Waals surface area contributed by atoms with Crippen molar-refractivity contribution in [3.05, 3.63) is 35.4 Å². The van der Waals surface area contributed by atoms with Gasteiger partial charge in [0.2, 0.25) is 0 Å². The Morgan fingerprint density at radius 3 is 2.19 bits per heavy atom. The summed E-state index contributed by atoms with van der Waals surface area (Å²) in [5.74, 6) is -0.561. The first kappa shape index (κ1) is 20.5. The SMILES string of the molecule is COC(=O)C(C)CN(C(=O)c1ccc(C(C)(C)C)cc1)C1CCCCC1. The van der Waals surface area contributed by atoms with Gasteiger partial charge in [0, 0.05) is 18.2 Å². The first-order valence-corrected chi connectivity index (χ1v) is 9.73. The number of carbonyl (C=O) groups excluding carboxylic acids is 2. The number of benzene rings is 1. The van der Waals surface area contributed by atoms with E-state index in [2.05, 4.69) is 20.8 Å². The zero-order chi connectivity index (χ0) is 19.3. The molecule has 1 aliphatic carbocycles. The summed E-state index contributed by atoms with van der Waals surface area (Å²) in [6.45, 7) is 8.73. The molecule has 1 aromatic carbocycles. The van der Waals surface area contributed by atoms with E-state index < -0.39 is 0 Å². The zero-order valence-electron chi connectivity index (χ0n) is 16.9. The molecule has 1 atom stereocenters. The first-order chi connectivity index (χ1) is 12.2. The lowest BCUT2D eigenvalue weighted by atomic mass is 9.86. The van der Waals surface area contributed by atoms with Crippen LogP contribution in [0.4, 0.5) is 0 Å². The standard InChI is InChI=1S/C22H33NO3/c1-16(21(25)26-5)15-23(19-9-7-6-8-10-19)20(24)17-11-13-18(14-12-17)22(2,3)4/h11-14,16,19H,6-10,15H2,1-5H3. The van der Waals surface area contributed by atoms with Gasteiger partial charge in [-0.25, -0.2) is 0 Å². The van der Waals surface area contributed by atoms with Crippen LogP contribution in [-0.4, -0.2) is 36.5 Å². The Kier molecular flexibility index (Phi) is 6.85. The molecule has 0 spiro atoms. The minimum Gasteiger partial charge on any atom is -0.469 e. The predicted molar refractivity (Wildman–Crippen MR) is 104 cm³/mol. The summed E-state index contributed by atoms with van der Waals surface area (Å²) in [7, 11) is 1.40. The number of esters is 1. The smallest absolute Gasteiger partial charge is 0.310 e. The molecule has 4 nitrogen and oxygen atoms in total. The van der Waals surface area contributed by atoms with Crippen LogP contribution in [0.5, 0.6) is 0 Å². The summed E-state index contributed by atoms with van der Waals surface area (Å²) in [5.41, 5.74) is 1.96. The van der Waals surface area contributed by atoms with Gasteiger partial charge in [0.15, 0.2) is 0 Å². The van der Waals surface area contributed by atoms with Gasteiger partial charge in [-0.05, 0) is 36.0 Å². The summed E-state index contributed by atoms with van der Waals surface area (Å²) < 4.78 is 4.86. The van der Waals surface area contributed by atoms with Crippen LogP contribution in [0.2, 0.25) is 0 Å². The highest BCUT2D eigenvalue weighted by atomic mass is 16.5. The highest BCUT2D eigenvalue weighted by Gasteiger charge is 2.29. The van der Waals surface area contributed by atoms with Crippen molar-refractivity contribution in [2.24, 2.45) is 5.92 Å². The molecular formula is C22H33NO3. The topological polar surface area (TPSA) is 46.6 Å². The van der Waals surface area contributed by atoms with Crippen molar-refractivity contribution < 1.29 is 14.3 Å². The van der Waals surface area contributed by atoms with Gasteiger partial charge in [0.25, 0.3) is 5.91 Å². The Morgan fingerprint density at radius 1 is 1.12 bits per heavy atom. The van der Waals surface area contributed by atoms with Crippen LogP contribution < -0.4 is 0 Å². The molecule has 144 valence electrons. The van der Waals surface area contributed by atoms with Crippen LogP contribution in [0.15, 0.2) is 24.3 Å². The van der Waals surface area contributed by atoms with Gasteiger partial charge in [-0.3, -0.25) is 9.59 Å². The molecule has 1 saturated carbocycles. The van der Waals surface area contributed by atoms with Gasteiger partial charge in [-0.2, -0.15) is 0 Å². The zero-order valence-corrected chi connectivity index (χ0v) is 16.9. The molecule has 26 heavy (non-hydrogen) atoms. The second-order valence-corrected chi connectivity index (χ2v) is 8.50. The second kappa shape index (κ2) is 8.70. The lowest BCUT2D eigenvalue weighted by Crippen LogP contribution is -2.45. The second-order valence-electron chi connectivity index (χ2n) is 8.50. The van der Waals surface area contributed by atoms with Crippen molar-refractivity contribution in [3.63, 3.8) is 0 Å². The van der Waals surface area contributed by atoms with Gasteiger partial charge >= 0.3 is 5.97 Å². The van der Waals surface area contributed by atoms with Crippen molar-refractivity contribution in [2.45, 2.75) is 71.3 Å². The van der Waals surface area contributed by atoms with E-state index in [-0.39, 0.29) is 29.3 Å². The van der Waals surface area contributed by atoms with Gasteiger partial charge in [0.05, 0.1) is 13.0 Å². The van der Waals surface area contributed by atoms with Crippen molar-refractivity contribution >= 4 is 11.9 Å². The minimum absolute atomic E-state index is 0.0214. The monoisotopic (exact) mass is 359 g/mol. The molecule has 0 heterocycles. The van der Waals surface area contributed by atoms with Crippen molar-refractivity contribution in [1.29, 1.82) is 0 Å². The van der Waals surface area contributed by atoms with E-state index in [1.54, 1.807) is 0 Å². The molecule has 4 heteroatoms. The molecule has 0 aliphatic heterocycles. The molecular weight excluding hydrogens is 326 g/mol. The summed E-state index contributed by atoms with van der Waals surface area (Å²) in [6.07, 6.45) is 5.54. The van der Waals surface area contributed by atoms with Gasteiger partial charge in [-0.1, -0.05) is 59.1 Å². The van der Waals surface area contributed by atoms with Gasteiger partial charge < -0.3 is 9.64 Å². The van der Waals surface area contributed by atoms with E-state index in [0.29, 0.717) is 12.1 Å². The van der Waals surface area contributed by atoms with Crippen LogP contribution in [-0.2, 0) is 14.9 Å². The quantitative estimate of drug-likeness (QED) is 0.724. The Bertz CT molecular complexity index is 609. The Balaban J connectivity index is 2.22. The molecule has 0 saturated heterocycles. The predicted octanol–water partition coefficient (Wildman–Crippen LogP) is 4.57. The van der Waals surface area contributed by atoms with E-state index >= 15 is 0 Å². The van der Waals surface area contributed by atoms with Crippen molar-refractivity contribution in [2.75, 3.05) is 13.7 Å². The lowest BCUT2D eigenvalue weighted by Gasteiger charge is -2.35. The Hall–Kier alpha value is -1.84. The van der Waals surface area contributed by atoms with Crippen molar-refractivity contribution in [1.82, 2.24) is 4.90 Å². The number of nitrogens with zero attached hydrogens (tertiary/aromatic N) is 1. The normalized spacial score (nSPS) is 16.8. The van der Waals surface area contributed by atoms with Crippen LogP contribution in [0.3, 0.4) is 0 Å². The molecule has 0 bridgehead atoms. The van der Waals surface area contributed by atoms with E-state index in [4.69, 9.17) is 4.74 Å². The summed E-state index contributed by atoms with van der Waals surface area (Å²) in [6, 6.07) is 8.13.